The van der Waals surface area contributed by atoms with Crippen molar-refractivity contribution in [3.05, 3.63) is 40.2 Å². The number of benzene rings is 1. The number of nitrogens with two attached hydrogens (primary N) is 4. The number of hydrogen-bond acceptors (Lipinski definition) is 18. The molecule has 1 aromatic heterocycles. The minimum Gasteiger partial charge on any atom is -0.481 e. The quantitative estimate of drug-likeness (QED) is 0.0616. The van der Waals surface area contributed by atoms with Gasteiger partial charge in [-0.05, 0) is 49.9 Å². The lowest BCUT2D eigenvalue weighted by atomic mass is 10.1. The number of anilines is 4. The molecule has 5 atom stereocenters. The summed E-state index contributed by atoms with van der Waals surface area (Å²) in [6.45, 7) is 0.960. The number of aromatic amines is 1. The van der Waals surface area contributed by atoms with Gasteiger partial charge in [0, 0.05) is 50.0 Å². The van der Waals surface area contributed by atoms with E-state index in [2.05, 4.69) is 31.2 Å². The van der Waals surface area contributed by atoms with Crippen molar-refractivity contribution in [2.24, 2.45) is 17.2 Å². The van der Waals surface area contributed by atoms with E-state index in [0.29, 0.717) is 30.3 Å². The Balaban J connectivity index is 0.00000101. The van der Waals surface area contributed by atoms with Crippen LogP contribution in [0.2, 0.25) is 0 Å². The monoisotopic (exact) mass is 886 g/mol. The maximum absolute atomic E-state index is 12.3. The van der Waals surface area contributed by atoms with Gasteiger partial charge in [0.2, 0.25) is 5.95 Å². The van der Waals surface area contributed by atoms with Gasteiger partial charge in [0.25, 0.3) is 11.5 Å². The Morgan fingerprint density at radius 3 is 1.47 bits per heavy atom. The van der Waals surface area contributed by atoms with Gasteiger partial charge < -0.3 is 85.1 Å². The predicted octanol–water partition coefficient (Wildman–Crippen LogP) is -2.49. The van der Waals surface area contributed by atoms with E-state index in [-0.39, 0.29) is 74.5 Å². The topological polar surface area (TPSA) is 513 Å². The van der Waals surface area contributed by atoms with Crippen molar-refractivity contribution >= 4 is 76.8 Å². The minimum absolute atomic E-state index is 0.0231. The van der Waals surface area contributed by atoms with E-state index >= 15 is 0 Å². The van der Waals surface area contributed by atoms with Crippen LogP contribution in [0.15, 0.2) is 29.1 Å². The number of fused-ring (bicyclic) bond motifs is 1. The molecule has 1 aliphatic heterocycles. The standard InChI is InChI=1S/C19H23N7O6.3C5H9NO4/c20-19-25-15-14(17(30)26-19)23-11(8-22-15)7-21-10-3-1-9(2-4-10)16(29)24-12(18(31)32)5-6-13(27)28;3*6-3(5(9)10)1-2-4(7)8/h1-4,11-12,21,23H,5-8H2,(H,24,29)(H,27,28)(H,31,32)(H4,20,22,25,26,30);3*3H,1-2,6H2,(H,7,8)(H,9,10)/t;3*3-/m.000/s1. The fraction of sp³-hybridized carbons (Fsp3) is 0.441. The molecule has 0 saturated carbocycles. The van der Waals surface area contributed by atoms with Crippen LogP contribution >= 0.6 is 0 Å². The van der Waals surface area contributed by atoms with Crippen LogP contribution < -0.4 is 49.8 Å². The Hall–Kier alpha value is -7.59. The van der Waals surface area contributed by atoms with Crippen LogP contribution in [-0.2, 0) is 38.4 Å². The van der Waals surface area contributed by atoms with Crippen LogP contribution in [0.5, 0.6) is 0 Å². The average Bonchev–Trinajstić information content (AvgIpc) is 3.19. The summed E-state index contributed by atoms with van der Waals surface area (Å²) in [5, 5.41) is 78.3. The number of carboxylic acids is 8. The van der Waals surface area contributed by atoms with Gasteiger partial charge in [-0.1, -0.05) is 0 Å². The third-order valence-corrected chi connectivity index (χ3v) is 7.71. The van der Waals surface area contributed by atoms with Crippen molar-refractivity contribution in [2.75, 3.05) is 34.8 Å². The number of carbonyl (C=O) groups excluding carboxylic acids is 1. The number of carbonyl (C=O) groups is 9. The second-order valence-electron chi connectivity index (χ2n) is 12.8. The molecular weight excluding hydrogens is 836 g/mol. The van der Waals surface area contributed by atoms with Crippen LogP contribution in [0.25, 0.3) is 0 Å². The summed E-state index contributed by atoms with van der Waals surface area (Å²) in [7, 11) is 0. The second-order valence-corrected chi connectivity index (χ2v) is 12.8. The highest BCUT2D eigenvalue weighted by molar-refractivity contribution is 5.97. The zero-order valence-electron chi connectivity index (χ0n) is 32.7. The first-order valence-electron chi connectivity index (χ1n) is 17.9. The third-order valence-electron chi connectivity index (χ3n) is 7.71. The van der Waals surface area contributed by atoms with Gasteiger partial charge >= 0.3 is 47.8 Å². The van der Waals surface area contributed by atoms with Gasteiger partial charge in [-0.3, -0.25) is 48.1 Å². The molecule has 2 unspecified atom stereocenters. The van der Waals surface area contributed by atoms with Gasteiger partial charge in [0.15, 0.2) is 5.82 Å². The number of nitrogen functional groups attached to an aromatic ring is 1. The molecule has 1 aliphatic rings. The summed E-state index contributed by atoms with van der Waals surface area (Å²) in [6.07, 6.45) is -1.26. The molecule has 3 rings (SSSR count). The smallest absolute Gasteiger partial charge is 0.326 e. The normalized spacial score (nSPS) is 14.0. The number of nitrogens with zero attached hydrogens (tertiary/aromatic N) is 1. The Morgan fingerprint density at radius 2 is 1.08 bits per heavy atom. The molecule has 1 aromatic carbocycles. The Kier molecular flexibility index (Phi) is 24.6. The maximum atomic E-state index is 12.3. The van der Waals surface area contributed by atoms with E-state index in [1.54, 1.807) is 12.1 Å². The fourth-order valence-corrected chi connectivity index (χ4v) is 4.31. The van der Waals surface area contributed by atoms with Gasteiger partial charge in [0.1, 0.15) is 29.9 Å². The fourth-order valence-electron chi connectivity index (χ4n) is 4.31. The highest BCUT2D eigenvalue weighted by Gasteiger charge is 2.23. The summed E-state index contributed by atoms with van der Waals surface area (Å²) < 4.78 is 0. The average molecular weight is 887 g/mol. The summed E-state index contributed by atoms with van der Waals surface area (Å²) in [5.74, 6) is -9.23. The Bertz CT molecular complexity index is 1850. The van der Waals surface area contributed by atoms with Crippen LogP contribution in [0.4, 0.5) is 23.1 Å². The first-order valence-corrected chi connectivity index (χ1v) is 17.9. The van der Waals surface area contributed by atoms with Crippen LogP contribution in [0.3, 0.4) is 0 Å². The van der Waals surface area contributed by atoms with Crippen LogP contribution in [0.1, 0.15) is 61.7 Å². The van der Waals surface area contributed by atoms with Crippen molar-refractivity contribution < 1.29 is 84.0 Å². The van der Waals surface area contributed by atoms with E-state index in [4.69, 9.17) is 63.8 Å². The number of amides is 1. The van der Waals surface area contributed by atoms with Crippen LogP contribution in [-0.4, -0.2) is 148 Å². The van der Waals surface area contributed by atoms with E-state index < -0.39 is 77.8 Å². The zero-order chi connectivity index (χ0) is 47.7. The van der Waals surface area contributed by atoms with Gasteiger partial charge in [0.05, 0.1) is 6.04 Å². The molecule has 21 N–H and O–H groups in total. The molecule has 1 amide bonds. The Morgan fingerprint density at radius 1 is 0.661 bits per heavy atom. The molecule has 62 heavy (non-hydrogen) atoms. The zero-order valence-corrected chi connectivity index (χ0v) is 32.7. The molecule has 2 aromatic rings. The van der Waals surface area contributed by atoms with E-state index in [9.17, 15) is 47.9 Å². The Labute approximate surface area is 349 Å². The van der Waals surface area contributed by atoms with Crippen molar-refractivity contribution in [1.29, 1.82) is 0 Å². The lowest BCUT2D eigenvalue weighted by Crippen LogP contribution is -2.41. The molecule has 0 spiro atoms. The molecule has 344 valence electrons. The van der Waals surface area contributed by atoms with Crippen molar-refractivity contribution in [2.45, 2.75) is 81.6 Å². The first-order chi connectivity index (χ1) is 28.8. The van der Waals surface area contributed by atoms with E-state index in [1.807, 2.05) is 0 Å². The van der Waals surface area contributed by atoms with Gasteiger partial charge in [-0.2, -0.15) is 4.98 Å². The first kappa shape index (κ1) is 54.4. The van der Waals surface area contributed by atoms with E-state index in [0.717, 1.165) is 0 Å². The van der Waals surface area contributed by atoms with Gasteiger partial charge in [-0.15, -0.1) is 0 Å². The molecule has 0 radical (unpaired) electrons. The number of rotatable bonds is 21. The molecule has 28 heteroatoms. The number of H-pyrrole nitrogens is 1. The largest absolute Gasteiger partial charge is 0.481 e. The van der Waals surface area contributed by atoms with Crippen molar-refractivity contribution in [3.8, 4) is 0 Å². The molecule has 0 bridgehead atoms. The van der Waals surface area contributed by atoms with Crippen molar-refractivity contribution in [1.82, 2.24) is 15.3 Å². The number of carboxylic acid groups (broad SMARTS) is 8. The number of aliphatic carboxylic acids is 8. The third kappa shape index (κ3) is 23.7. The molecule has 0 saturated heterocycles. The molecule has 0 fully saturated rings. The summed E-state index contributed by atoms with van der Waals surface area (Å²) >= 11 is 0. The van der Waals surface area contributed by atoms with Crippen molar-refractivity contribution in [3.63, 3.8) is 0 Å². The summed E-state index contributed by atoms with van der Waals surface area (Å²) in [5.41, 5.74) is 21.4. The number of aromatic nitrogens is 2. The summed E-state index contributed by atoms with van der Waals surface area (Å²) in [6, 6.07) is 1.76. The maximum Gasteiger partial charge on any atom is 0.326 e. The lowest BCUT2D eigenvalue weighted by molar-refractivity contribution is -0.142. The predicted molar refractivity (Wildman–Crippen MR) is 213 cm³/mol. The summed E-state index contributed by atoms with van der Waals surface area (Å²) in [4.78, 5) is 112. The van der Waals surface area contributed by atoms with Gasteiger partial charge in [-0.25, -0.2) is 4.79 Å². The highest BCUT2D eigenvalue weighted by Crippen LogP contribution is 2.20. The SMILES string of the molecule is N[C@@H](CCC(=O)O)C(=O)O.N[C@@H](CCC(=O)O)C(=O)O.N[C@@H](CCC(=O)O)C(=O)O.Nc1nc2c(c(=O)[nH]1)NC(CNc1ccc(C(=O)NC(CCC(=O)O)C(=O)O)cc1)CN2. The molecular formula is C34H50N10O18. The highest BCUT2D eigenvalue weighted by atomic mass is 16.4. The van der Waals surface area contributed by atoms with Crippen LogP contribution in [0, 0.1) is 0 Å². The minimum atomic E-state index is -1.30. The second kappa shape index (κ2) is 28.0. The number of hydrogen-bond donors (Lipinski definition) is 17. The van der Waals surface area contributed by atoms with E-state index in [1.165, 1.54) is 12.1 Å². The molecule has 2 heterocycles. The number of nitrogens with one attached hydrogen (secondary N) is 5. The lowest BCUT2D eigenvalue weighted by Gasteiger charge is -2.27. The molecule has 28 nitrogen and oxygen atoms in total. The molecule has 0 aliphatic carbocycles.